The Balaban J connectivity index is 2.12. The molecule has 0 aliphatic carbocycles. The molecule has 0 saturated carbocycles. The summed E-state index contributed by atoms with van der Waals surface area (Å²) in [5.74, 6) is 0.276. The lowest BCUT2D eigenvalue weighted by molar-refractivity contribution is -0.122. The van der Waals surface area contributed by atoms with Gasteiger partial charge in [-0.1, -0.05) is 30.4 Å². The zero-order chi connectivity index (χ0) is 13.4. The van der Waals surface area contributed by atoms with Crippen LogP contribution in [-0.2, 0) is 4.79 Å². The predicted octanol–water partition coefficient (Wildman–Crippen LogP) is 1.49. The largest absolute Gasteiger partial charge is 0.494 e. The molecular formula is C13H18N2O2S. The number of thiocarbonyl (C=S) groups is 1. The molecule has 4 nitrogen and oxygen atoms in total. The fraction of sp³-hybridized carbons (Fsp3) is 0.385. The molecule has 0 aliphatic rings. The summed E-state index contributed by atoms with van der Waals surface area (Å²) in [4.78, 5) is 11.7. The van der Waals surface area contributed by atoms with Gasteiger partial charge in [-0.15, -0.1) is 0 Å². The third kappa shape index (κ3) is 5.14. The van der Waals surface area contributed by atoms with E-state index in [1.807, 2.05) is 30.3 Å². The number of nitrogens with two attached hydrogens (primary N) is 1. The zero-order valence-corrected chi connectivity index (χ0v) is 11.2. The Morgan fingerprint density at radius 2 is 2.11 bits per heavy atom. The van der Waals surface area contributed by atoms with E-state index in [-0.39, 0.29) is 10.9 Å². The van der Waals surface area contributed by atoms with Crippen molar-refractivity contribution in [2.75, 3.05) is 13.2 Å². The van der Waals surface area contributed by atoms with E-state index < -0.39 is 5.92 Å². The van der Waals surface area contributed by atoms with E-state index in [1.165, 1.54) is 0 Å². The molecule has 3 N–H and O–H groups in total. The molecular weight excluding hydrogens is 248 g/mol. The van der Waals surface area contributed by atoms with Crippen molar-refractivity contribution in [3.05, 3.63) is 30.3 Å². The lowest BCUT2D eigenvalue weighted by Crippen LogP contribution is -2.36. The van der Waals surface area contributed by atoms with Gasteiger partial charge in [0.15, 0.2) is 0 Å². The zero-order valence-electron chi connectivity index (χ0n) is 10.4. The molecule has 1 rings (SSSR count). The van der Waals surface area contributed by atoms with Gasteiger partial charge in [-0.05, 0) is 25.5 Å². The normalized spacial score (nSPS) is 11.6. The maximum Gasteiger partial charge on any atom is 0.229 e. The average molecular weight is 266 g/mol. The van der Waals surface area contributed by atoms with Gasteiger partial charge in [-0.2, -0.15) is 0 Å². The van der Waals surface area contributed by atoms with Gasteiger partial charge in [0, 0.05) is 6.54 Å². The summed E-state index contributed by atoms with van der Waals surface area (Å²) in [5.41, 5.74) is 5.39. The second-order valence-corrected chi connectivity index (χ2v) is 4.40. The SMILES string of the molecule is CC(C(=O)NCCCOc1ccccc1)C(N)=S. The first kappa shape index (κ1) is 14.4. The summed E-state index contributed by atoms with van der Waals surface area (Å²) in [6.45, 7) is 2.81. The van der Waals surface area contributed by atoms with Gasteiger partial charge < -0.3 is 15.8 Å². The second kappa shape index (κ2) is 7.66. The Labute approximate surface area is 113 Å². The van der Waals surface area contributed by atoms with Crippen molar-refractivity contribution >= 4 is 23.1 Å². The van der Waals surface area contributed by atoms with Crippen molar-refractivity contribution in [2.45, 2.75) is 13.3 Å². The minimum atomic E-state index is -0.421. The third-order valence-electron chi connectivity index (χ3n) is 2.45. The molecule has 0 fully saturated rings. The highest BCUT2D eigenvalue weighted by Gasteiger charge is 2.14. The number of nitrogens with one attached hydrogen (secondary N) is 1. The molecule has 0 bridgehead atoms. The van der Waals surface area contributed by atoms with E-state index in [4.69, 9.17) is 22.7 Å². The van der Waals surface area contributed by atoms with Crippen LogP contribution in [0.25, 0.3) is 0 Å². The van der Waals surface area contributed by atoms with E-state index in [0.717, 1.165) is 12.2 Å². The quantitative estimate of drug-likeness (QED) is 0.580. The Morgan fingerprint density at radius 3 is 2.72 bits per heavy atom. The van der Waals surface area contributed by atoms with Crippen LogP contribution < -0.4 is 15.8 Å². The van der Waals surface area contributed by atoms with Crippen LogP contribution in [-0.4, -0.2) is 24.0 Å². The van der Waals surface area contributed by atoms with E-state index in [9.17, 15) is 4.79 Å². The number of ether oxygens (including phenoxy) is 1. The highest BCUT2D eigenvalue weighted by Crippen LogP contribution is 2.08. The number of hydrogen-bond donors (Lipinski definition) is 2. The van der Waals surface area contributed by atoms with Gasteiger partial charge in [-0.3, -0.25) is 4.79 Å². The summed E-state index contributed by atoms with van der Waals surface area (Å²) in [5, 5.41) is 2.76. The van der Waals surface area contributed by atoms with Gasteiger partial charge in [0.1, 0.15) is 5.75 Å². The van der Waals surface area contributed by atoms with Gasteiger partial charge in [-0.25, -0.2) is 0 Å². The third-order valence-corrected chi connectivity index (χ3v) is 2.81. The lowest BCUT2D eigenvalue weighted by atomic mass is 10.1. The van der Waals surface area contributed by atoms with Crippen molar-refractivity contribution in [1.82, 2.24) is 5.32 Å². The van der Waals surface area contributed by atoms with Crippen LogP contribution in [0.5, 0.6) is 5.75 Å². The summed E-state index contributed by atoms with van der Waals surface area (Å²) < 4.78 is 5.49. The lowest BCUT2D eigenvalue weighted by Gasteiger charge is -2.10. The number of carbonyl (C=O) groups excluding carboxylic acids is 1. The molecule has 1 amide bonds. The van der Waals surface area contributed by atoms with Gasteiger partial charge in [0.2, 0.25) is 5.91 Å². The fourth-order valence-electron chi connectivity index (χ4n) is 1.27. The van der Waals surface area contributed by atoms with Gasteiger partial charge >= 0.3 is 0 Å². The van der Waals surface area contributed by atoms with Crippen LogP contribution in [0.1, 0.15) is 13.3 Å². The molecule has 98 valence electrons. The van der Waals surface area contributed by atoms with Crippen molar-refractivity contribution in [1.29, 1.82) is 0 Å². The molecule has 1 aromatic rings. The number of para-hydroxylation sites is 1. The molecule has 0 saturated heterocycles. The first-order chi connectivity index (χ1) is 8.61. The Kier molecular flexibility index (Phi) is 6.14. The highest BCUT2D eigenvalue weighted by atomic mass is 32.1. The molecule has 0 aromatic heterocycles. The minimum Gasteiger partial charge on any atom is -0.494 e. The fourth-order valence-corrected chi connectivity index (χ4v) is 1.38. The van der Waals surface area contributed by atoms with Crippen LogP contribution in [0.2, 0.25) is 0 Å². The summed E-state index contributed by atoms with van der Waals surface area (Å²) in [6.07, 6.45) is 0.741. The Morgan fingerprint density at radius 1 is 1.44 bits per heavy atom. The number of rotatable bonds is 7. The van der Waals surface area contributed by atoms with Crippen LogP contribution >= 0.6 is 12.2 Å². The summed E-state index contributed by atoms with van der Waals surface area (Å²) >= 11 is 4.75. The van der Waals surface area contributed by atoms with Gasteiger partial charge in [0.05, 0.1) is 17.5 Å². The average Bonchev–Trinajstić information content (AvgIpc) is 2.38. The van der Waals surface area contributed by atoms with Crippen LogP contribution in [0.4, 0.5) is 0 Å². The van der Waals surface area contributed by atoms with E-state index >= 15 is 0 Å². The van der Waals surface area contributed by atoms with E-state index in [2.05, 4.69) is 5.32 Å². The number of amides is 1. The van der Waals surface area contributed by atoms with Crippen molar-refractivity contribution in [3.8, 4) is 5.75 Å². The minimum absolute atomic E-state index is 0.137. The molecule has 1 unspecified atom stereocenters. The molecule has 0 radical (unpaired) electrons. The van der Waals surface area contributed by atoms with E-state index in [0.29, 0.717) is 13.2 Å². The predicted molar refractivity (Wildman–Crippen MR) is 75.5 cm³/mol. The second-order valence-electron chi connectivity index (χ2n) is 3.93. The van der Waals surface area contributed by atoms with Crippen molar-refractivity contribution in [3.63, 3.8) is 0 Å². The maximum atomic E-state index is 11.5. The Bertz CT molecular complexity index is 395. The molecule has 1 aromatic carbocycles. The van der Waals surface area contributed by atoms with Crippen molar-refractivity contribution in [2.24, 2.45) is 11.7 Å². The topological polar surface area (TPSA) is 64.3 Å². The molecule has 0 heterocycles. The standard InChI is InChI=1S/C13H18N2O2S/c1-10(12(14)18)13(16)15-8-5-9-17-11-6-3-2-4-7-11/h2-4,6-7,10H,5,8-9H2,1H3,(H2,14,18)(H,15,16). The van der Waals surface area contributed by atoms with E-state index in [1.54, 1.807) is 6.92 Å². The summed E-state index contributed by atoms with van der Waals surface area (Å²) in [7, 11) is 0. The smallest absolute Gasteiger partial charge is 0.229 e. The first-order valence-corrected chi connectivity index (χ1v) is 6.27. The first-order valence-electron chi connectivity index (χ1n) is 5.86. The molecule has 0 spiro atoms. The number of benzene rings is 1. The highest BCUT2D eigenvalue weighted by molar-refractivity contribution is 7.80. The van der Waals surface area contributed by atoms with Crippen LogP contribution in [0.15, 0.2) is 30.3 Å². The Hall–Kier alpha value is -1.62. The monoisotopic (exact) mass is 266 g/mol. The number of hydrogen-bond acceptors (Lipinski definition) is 3. The van der Waals surface area contributed by atoms with Crippen LogP contribution in [0.3, 0.4) is 0 Å². The maximum absolute atomic E-state index is 11.5. The van der Waals surface area contributed by atoms with Gasteiger partial charge in [0.25, 0.3) is 0 Å². The molecule has 5 heteroatoms. The van der Waals surface area contributed by atoms with Crippen LogP contribution in [0, 0.1) is 5.92 Å². The summed E-state index contributed by atoms with van der Waals surface area (Å²) in [6, 6.07) is 9.56. The molecule has 0 aliphatic heterocycles. The molecule has 18 heavy (non-hydrogen) atoms. The van der Waals surface area contributed by atoms with Crippen molar-refractivity contribution < 1.29 is 9.53 Å². The molecule has 1 atom stereocenters. The number of carbonyl (C=O) groups is 1.